The fourth-order valence-electron chi connectivity index (χ4n) is 2.67. The maximum atomic E-state index is 12.8. The van der Waals surface area contributed by atoms with E-state index < -0.39 is 10.0 Å². The molecule has 1 fully saturated rings. The summed E-state index contributed by atoms with van der Waals surface area (Å²) in [6.45, 7) is 9.31. The molecule has 0 aliphatic carbocycles. The van der Waals surface area contributed by atoms with Gasteiger partial charge in [0.1, 0.15) is 0 Å². The summed E-state index contributed by atoms with van der Waals surface area (Å²) in [4.78, 5) is 4.48. The standard InChI is InChI=1S/C13H23N3O2S2/c1-4-15-5-6-16(9-10(15)2)20(17,18)13-7-12(8-14)19-11(13)3/h7,10H,4-6,8-9,14H2,1-3H3. The van der Waals surface area contributed by atoms with Crippen LogP contribution in [-0.2, 0) is 16.6 Å². The van der Waals surface area contributed by atoms with Gasteiger partial charge in [0.2, 0.25) is 10.0 Å². The Balaban J connectivity index is 2.25. The lowest BCUT2D eigenvalue weighted by atomic mass is 10.2. The maximum Gasteiger partial charge on any atom is 0.244 e. The average Bonchev–Trinajstić information content (AvgIpc) is 2.80. The molecule has 0 bridgehead atoms. The van der Waals surface area contributed by atoms with E-state index in [2.05, 4.69) is 18.7 Å². The molecular formula is C13H23N3O2S2. The Morgan fingerprint density at radius 2 is 2.15 bits per heavy atom. The first-order valence-electron chi connectivity index (χ1n) is 6.93. The lowest BCUT2D eigenvalue weighted by molar-refractivity contribution is 0.135. The van der Waals surface area contributed by atoms with Crippen LogP contribution in [0.3, 0.4) is 0 Å². The predicted molar refractivity (Wildman–Crippen MR) is 82.4 cm³/mol. The van der Waals surface area contributed by atoms with Gasteiger partial charge in [0, 0.05) is 42.0 Å². The van der Waals surface area contributed by atoms with Gasteiger partial charge in [0.25, 0.3) is 0 Å². The number of hydrogen-bond acceptors (Lipinski definition) is 5. The van der Waals surface area contributed by atoms with Crippen LogP contribution >= 0.6 is 11.3 Å². The lowest BCUT2D eigenvalue weighted by Crippen LogP contribution is -2.53. The molecule has 1 saturated heterocycles. The first kappa shape index (κ1) is 15.9. The van der Waals surface area contributed by atoms with Gasteiger partial charge in [-0.3, -0.25) is 4.90 Å². The van der Waals surface area contributed by atoms with E-state index in [1.165, 1.54) is 11.3 Å². The lowest BCUT2D eigenvalue weighted by Gasteiger charge is -2.38. The fraction of sp³-hybridized carbons (Fsp3) is 0.692. The van der Waals surface area contributed by atoms with Crippen molar-refractivity contribution >= 4 is 21.4 Å². The molecule has 2 N–H and O–H groups in total. The smallest absolute Gasteiger partial charge is 0.244 e. The van der Waals surface area contributed by atoms with Crippen LogP contribution in [0, 0.1) is 6.92 Å². The molecule has 114 valence electrons. The summed E-state index contributed by atoms with van der Waals surface area (Å²) >= 11 is 1.47. The Morgan fingerprint density at radius 3 is 2.65 bits per heavy atom. The van der Waals surface area contributed by atoms with E-state index in [0.29, 0.717) is 24.5 Å². The zero-order chi connectivity index (χ0) is 14.9. The Morgan fingerprint density at radius 1 is 1.45 bits per heavy atom. The molecule has 0 radical (unpaired) electrons. The van der Waals surface area contributed by atoms with Crippen molar-refractivity contribution in [2.75, 3.05) is 26.2 Å². The molecule has 1 aliphatic heterocycles. The Hall–Kier alpha value is -0.470. The molecule has 0 spiro atoms. The van der Waals surface area contributed by atoms with E-state index in [9.17, 15) is 8.42 Å². The van der Waals surface area contributed by atoms with Crippen LogP contribution in [0.5, 0.6) is 0 Å². The second-order valence-electron chi connectivity index (χ2n) is 5.18. The SMILES string of the molecule is CCN1CCN(S(=O)(=O)c2cc(CN)sc2C)CC1C. The monoisotopic (exact) mass is 317 g/mol. The summed E-state index contributed by atoms with van der Waals surface area (Å²) in [5.74, 6) is 0. The molecule has 1 aromatic rings. The van der Waals surface area contributed by atoms with Crippen molar-refractivity contribution in [2.24, 2.45) is 5.73 Å². The maximum absolute atomic E-state index is 12.8. The van der Waals surface area contributed by atoms with Crippen LogP contribution in [0.15, 0.2) is 11.0 Å². The minimum Gasteiger partial charge on any atom is -0.326 e. The van der Waals surface area contributed by atoms with Crippen LogP contribution < -0.4 is 5.73 Å². The third kappa shape index (κ3) is 2.92. The zero-order valence-corrected chi connectivity index (χ0v) is 13.9. The first-order valence-corrected chi connectivity index (χ1v) is 9.19. The summed E-state index contributed by atoms with van der Waals surface area (Å²) < 4.78 is 27.1. The zero-order valence-electron chi connectivity index (χ0n) is 12.3. The van der Waals surface area contributed by atoms with Gasteiger partial charge < -0.3 is 5.73 Å². The van der Waals surface area contributed by atoms with Gasteiger partial charge in [-0.2, -0.15) is 4.31 Å². The number of nitrogens with zero attached hydrogens (tertiary/aromatic N) is 2. The number of thiophene rings is 1. The highest BCUT2D eigenvalue weighted by molar-refractivity contribution is 7.89. The van der Waals surface area contributed by atoms with E-state index in [-0.39, 0.29) is 6.04 Å². The number of likely N-dealkylation sites (N-methyl/N-ethyl adjacent to an activating group) is 1. The molecule has 5 nitrogen and oxygen atoms in total. The molecule has 1 aromatic heterocycles. The van der Waals surface area contributed by atoms with Gasteiger partial charge in [0.15, 0.2) is 0 Å². The Bertz CT molecular complexity index is 568. The second kappa shape index (κ2) is 6.11. The van der Waals surface area contributed by atoms with Crippen LogP contribution in [0.4, 0.5) is 0 Å². The van der Waals surface area contributed by atoms with Gasteiger partial charge in [-0.15, -0.1) is 11.3 Å². The summed E-state index contributed by atoms with van der Waals surface area (Å²) in [6, 6.07) is 1.99. The third-order valence-electron chi connectivity index (χ3n) is 3.88. The van der Waals surface area contributed by atoms with E-state index in [1.54, 1.807) is 10.4 Å². The number of piperazine rings is 1. The van der Waals surface area contributed by atoms with E-state index in [0.717, 1.165) is 22.8 Å². The molecule has 2 rings (SSSR count). The van der Waals surface area contributed by atoms with E-state index in [4.69, 9.17) is 5.73 Å². The summed E-state index contributed by atoms with van der Waals surface area (Å²) in [5.41, 5.74) is 5.61. The normalized spacial score (nSPS) is 22.3. The molecule has 7 heteroatoms. The van der Waals surface area contributed by atoms with Gasteiger partial charge in [0.05, 0.1) is 4.90 Å². The highest BCUT2D eigenvalue weighted by Gasteiger charge is 2.33. The number of rotatable bonds is 4. The highest BCUT2D eigenvalue weighted by atomic mass is 32.2. The topological polar surface area (TPSA) is 66.6 Å². The van der Waals surface area contributed by atoms with Gasteiger partial charge in [-0.25, -0.2) is 8.42 Å². The third-order valence-corrected chi connectivity index (χ3v) is 7.07. The number of aryl methyl sites for hydroxylation is 1. The van der Waals surface area contributed by atoms with Crippen molar-refractivity contribution in [3.05, 3.63) is 15.8 Å². The molecule has 2 heterocycles. The summed E-state index contributed by atoms with van der Waals surface area (Å²) in [5, 5.41) is 0. The first-order chi connectivity index (χ1) is 9.40. The molecule has 0 aromatic carbocycles. The Labute approximate surface area is 125 Å². The molecule has 1 atom stereocenters. The van der Waals surface area contributed by atoms with Gasteiger partial charge >= 0.3 is 0 Å². The van der Waals surface area contributed by atoms with Crippen molar-refractivity contribution in [3.8, 4) is 0 Å². The van der Waals surface area contributed by atoms with Gasteiger partial charge in [-0.1, -0.05) is 6.92 Å². The molecule has 1 unspecified atom stereocenters. The van der Waals surface area contributed by atoms with Crippen molar-refractivity contribution < 1.29 is 8.42 Å². The van der Waals surface area contributed by atoms with Crippen molar-refractivity contribution in [1.82, 2.24) is 9.21 Å². The van der Waals surface area contributed by atoms with Crippen molar-refractivity contribution in [2.45, 2.75) is 38.3 Å². The van der Waals surface area contributed by atoms with Crippen LogP contribution in [0.25, 0.3) is 0 Å². The number of hydrogen-bond donors (Lipinski definition) is 1. The second-order valence-corrected chi connectivity index (χ2v) is 8.43. The molecular weight excluding hydrogens is 294 g/mol. The predicted octanol–water partition coefficient (Wildman–Crippen LogP) is 1.23. The molecule has 20 heavy (non-hydrogen) atoms. The highest BCUT2D eigenvalue weighted by Crippen LogP contribution is 2.29. The number of nitrogens with two attached hydrogens (primary N) is 1. The summed E-state index contributed by atoms with van der Waals surface area (Å²) in [7, 11) is -3.39. The van der Waals surface area contributed by atoms with Crippen molar-refractivity contribution in [3.63, 3.8) is 0 Å². The van der Waals surface area contributed by atoms with Crippen LogP contribution in [0.1, 0.15) is 23.6 Å². The summed E-state index contributed by atoms with van der Waals surface area (Å²) in [6.07, 6.45) is 0. The van der Waals surface area contributed by atoms with Crippen LogP contribution in [-0.4, -0.2) is 49.8 Å². The largest absolute Gasteiger partial charge is 0.326 e. The fourth-order valence-corrected chi connectivity index (χ4v) is 5.67. The molecule has 0 saturated carbocycles. The average molecular weight is 317 g/mol. The quantitative estimate of drug-likeness (QED) is 0.907. The molecule has 0 amide bonds. The van der Waals surface area contributed by atoms with E-state index >= 15 is 0 Å². The number of sulfonamides is 1. The van der Waals surface area contributed by atoms with Crippen molar-refractivity contribution in [1.29, 1.82) is 0 Å². The molecule has 1 aliphatic rings. The van der Waals surface area contributed by atoms with Crippen LogP contribution in [0.2, 0.25) is 0 Å². The minimum atomic E-state index is -3.39. The Kier molecular flexibility index (Phi) is 4.86. The minimum absolute atomic E-state index is 0.261. The van der Waals surface area contributed by atoms with Gasteiger partial charge in [-0.05, 0) is 26.5 Å². The van der Waals surface area contributed by atoms with E-state index in [1.807, 2.05) is 6.92 Å².